The lowest BCUT2D eigenvalue weighted by Gasteiger charge is -2.20. The topological polar surface area (TPSA) is 89.3 Å². The van der Waals surface area contributed by atoms with Crippen molar-refractivity contribution < 1.29 is 17.6 Å². The lowest BCUT2D eigenvalue weighted by molar-refractivity contribution is 0.0926. The van der Waals surface area contributed by atoms with E-state index in [4.69, 9.17) is 4.42 Å². The summed E-state index contributed by atoms with van der Waals surface area (Å²) in [6.45, 7) is 3.51. The summed E-state index contributed by atoms with van der Waals surface area (Å²) in [5, 5.41) is 1.69. The minimum Gasteiger partial charge on any atom is -0.459 e. The number of carbonyl (C=O) groups is 1. The molecule has 1 amide bonds. The lowest BCUT2D eigenvalue weighted by atomic mass is 10.2. The van der Waals surface area contributed by atoms with Crippen molar-refractivity contribution in [1.82, 2.24) is 10.3 Å². The van der Waals surface area contributed by atoms with Crippen molar-refractivity contribution in [2.75, 3.05) is 6.54 Å². The number of amides is 1. The van der Waals surface area contributed by atoms with E-state index in [-0.39, 0.29) is 17.2 Å². The van der Waals surface area contributed by atoms with Crippen LogP contribution in [0.1, 0.15) is 32.5 Å². The number of sulfone groups is 1. The number of hydrogen-bond acceptors (Lipinski definition) is 5. The average molecular weight is 384 g/mol. The molecule has 2 aromatic heterocycles. The third-order valence-electron chi connectivity index (χ3n) is 4.27. The fourth-order valence-corrected chi connectivity index (χ4v) is 4.79. The third-order valence-corrected chi connectivity index (χ3v) is 6.51. The molecule has 0 fully saturated rings. The Labute approximate surface area is 158 Å². The highest BCUT2D eigenvalue weighted by Gasteiger charge is 2.31. The largest absolute Gasteiger partial charge is 0.459 e. The second-order valence-corrected chi connectivity index (χ2v) is 8.38. The second kappa shape index (κ2) is 7.75. The van der Waals surface area contributed by atoms with Crippen LogP contribution in [0.2, 0.25) is 0 Å². The Morgan fingerprint density at radius 2 is 2.00 bits per heavy atom. The molecule has 2 heterocycles. The number of aromatic nitrogens is 1. The Hall–Kier alpha value is -2.93. The van der Waals surface area contributed by atoms with Gasteiger partial charge in [-0.05, 0) is 54.8 Å². The number of hydrogen-bond donors (Lipinski definition) is 1. The summed E-state index contributed by atoms with van der Waals surface area (Å²) in [7, 11) is -3.76. The monoisotopic (exact) mass is 384 g/mol. The summed E-state index contributed by atoms with van der Waals surface area (Å²) in [5.41, 5.74) is 2.02. The molecule has 0 spiro atoms. The van der Waals surface area contributed by atoms with E-state index in [2.05, 4.69) is 10.3 Å². The van der Waals surface area contributed by atoms with Gasteiger partial charge in [0.05, 0.1) is 11.2 Å². The van der Waals surface area contributed by atoms with Crippen molar-refractivity contribution >= 4 is 15.7 Å². The van der Waals surface area contributed by atoms with Crippen molar-refractivity contribution in [3.8, 4) is 0 Å². The van der Waals surface area contributed by atoms with E-state index in [0.29, 0.717) is 11.1 Å². The van der Waals surface area contributed by atoms with Crippen LogP contribution in [0, 0.1) is 13.8 Å². The number of furan rings is 1. The number of nitrogens with one attached hydrogen (secondary N) is 1. The fourth-order valence-electron chi connectivity index (χ4n) is 2.82. The Kier molecular flexibility index (Phi) is 5.41. The van der Waals surface area contributed by atoms with E-state index in [9.17, 15) is 13.2 Å². The maximum absolute atomic E-state index is 13.4. The number of aryl methyl sites for hydroxylation is 2. The highest BCUT2D eigenvalue weighted by Crippen LogP contribution is 2.30. The van der Waals surface area contributed by atoms with Crippen LogP contribution in [0.25, 0.3) is 0 Å². The normalized spacial score (nSPS) is 12.5. The van der Waals surface area contributed by atoms with Gasteiger partial charge < -0.3 is 9.73 Å². The van der Waals surface area contributed by atoms with E-state index in [1.807, 2.05) is 13.0 Å². The molecule has 0 bridgehead atoms. The van der Waals surface area contributed by atoms with Gasteiger partial charge in [-0.1, -0.05) is 18.2 Å². The lowest BCUT2D eigenvalue weighted by Crippen LogP contribution is -2.32. The van der Waals surface area contributed by atoms with Gasteiger partial charge in [-0.2, -0.15) is 0 Å². The van der Waals surface area contributed by atoms with Crippen LogP contribution in [-0.2, 0) is 9.84 Å². The predicted octanol–water partition coefficient (Wildman–Crippen LogP) is 3.24. The fraction of sp³-hybridized carbons (Fsp3) is 0.200. The first kappa shape index (κ1) is 18.8. The van der Waals surface area contributed by atoms with E-state index < -0.39 is 21.0 Å². The van der Waals surface area contributed by atoms with E-state index in [0.717, 1.165) is 5.56 Å². The van der Waals surface area contributed by atoms with Crippen molar-refractivity contribution in [1.29, 1.82) is 0 Å². The van der Waals surface area contributed by atoms with Gasteiger partial charge in [0.2, 0.25) is 0 Å². The van der Waals surface area contributed by atoms with Gasteiger partial charge in [0, 0.05) is 18.9 Å². The number of carbonyl (C=O) groups excluding carboxylic acids is 1. The molecule has 0 saturated heterocycles. The molecule has 1 aromatic carbocycles. The van der Waals surface area contributed by atoms with E-state index in [1.54, 1.807) is 43.5 Å². The molecule has 0 unspecified atom stereocenters. The zero-order valence-corrected chi connectivity index (χ0v) is 15.9. The smallest absolute Gasteiger partial charge is 0.287 e. The minimum absolute atomic E-state index is 0.0963. The highest BCUT2D eigenvalue weighted by molar-refractivity contribution is 7.91. The highest BCUT2D eigenvalue weighted by atomic mass is 32.2. The third kappa shape index (κ3) is 4.09. The molecule has 6 nitrogen and oxygen atoms in total. The summed E-state index contributed by atoms with van der Waals surface area (Å²) < 4.78 is 31.9. The van der Waals surface area contributed by atoms with Crippen LogP contribution >= 0.6 is 0 Å². The quantitative estimate of drug-likeness (QED) is 0.705. The predicted molar refractivity (Wildman–Crippen MR) is 101 cm³/mol. The Bertz CT molecular complexity index is 1030. The van der Waals surface area contributed by atoms with Crippen molar-refractivity contribution in [2.24, 2.45) is 0 Å². The number of nitrogens with zero attached hydrogens (tertiary/aromatic N) is 1. The van der Waals surface area contributed by atoms with Crippen molar-refractivity contribution in [3.05, 3.63) is 83.6 Å². The van der Waals surface area contributed by atoms with Crippen molar-refractivity contribution in [2.45, 2.75) is 24.0 Å². The van der Waals surface area contributed by atoms with Crippen molar-refractivity contribution in [3.63, 3.8) is 0 Å². The summed E-state index contributed by atoms with van der Waals surface area (Å²) >= 11 is 0. The van der Waals surface area contributed by atoms with Crippen LogP contribution in [0.15, 0.2) is 70.4 Å². The van der Waals surface area contributed by atoms with Gasteiger partial charge in [0.1, 0.15) is 5.25 Å². The Morgan fingerprint density at radius 1 is 1.19 bits per heavy atom. The van der Waals surface area contributed by atoms with Crippen LogP contribution in [0.4, 0.5) is 0 Å². The molecular formula is C20H20N2O4S. The van der Waals surface area contributed by atoms with Crippen LogP contribution in [0.3, 0.4) is 0 Å². The van der Waals surface area contributed by atoms with Crippen LogP contribution < -0.4 is 5.32 Å². The number of rotatable bonds is 6. The van der Waals surface area contributed by atoms with Gasteiger partial charge in [-0.25, -0.2) is 8.42 Å². The van der Waals surface area contributed by atoms with E-state index in [1.165, 1.54) is 18.5 Å². The Morgan fingerprint density at radius 3 is 2.67 bits per heavy atom. The zero-order valence-electron chi connectivity index (χ0n) is 15.0. The first-order valence-electron chi connectivity index (χ1n) is 8.42. The molecule has 0 saturated carbocycles. The maximum Gasteiger partial charge on any atom is 0.287 e. The molecule has 0 aliphatic carbocycles. The first-order chi connectivity index (χ1) is 12.9. The molecule has 0 aliphatic heterocycles. The average Bonchev–Trinajstić information content (AvgIpc) is 3.19. The van der Waals surface area contributed by atoms with E-state index >= 15 is 0 Å². The van der Waals surface area contributed by atoms with Crippen LogP contribution in [-0.4, -0.2) is 25.9 Å². The molecular weight excluding hydrogens is 364 g/mol. The van der Waals surface area contributed by atoms with Gasteiger partial charge >= 0.3 is 0 Å². The molecule has 3 rings (SSSR count). The second-order valence-electron chi connectivity index (χ2n) is 6.28. The summed E-state index contributed by atoms with van der Waals surface area (Å²) in [6, 6.07) is 11.8. The van der Waals surface area contributed by atoms with Gasteiger partial charge in [-0.15, -0.1) is 0 Å². The zero-order chi connectivity index (χ0) is 19.4. The molecule has 7 heteroatoms. The van der Waals surface area contributed by atoms with Gasteiger partial charge in [0.25, 0.3) is 5.91 Å². The minimum atomic E-state index is -3.76. The van der Waals surface area contributed by atoms with Gasteiger partial charge in [-0.3, -0.25) is 9.78 Å². The van der Waals surface area contributed by atoms with Gasteiger partial charge in [0.15, 0.2) is 15.6 Å². The molecule has 140 valence electrons. The molecule has 27 heavy (non-hydrogen) atoms. The summed E-state index contributed by atoms with van der Waals surface area (Å²) in [6.07, 6.45) is 4.47. The number of benzene rings is 1. The Balaban J connectivity index is 1.97. The summed E-state index contributed by atoms with van der Waals surface area (Å²) in [4.78, 5) is 16.5. The maximum atomic E-state index is 13.4. The molecule has 0 radical (unpaired) electrons. The molecule has 1 N–H and O–H groups in total. The molecule has 0 aliphatic rings. The molecule has 1 atom stereocenters. The number of pyridine rings is 1. The first-order valence-corrected chi connectivity index (χ1v) is 9.97. The standard InChI is InChI=1S/C20H20N2O4S/c1-14-7-8-15(2)18(11-14)27(24,25)19(16-5-3-9-21-12-16)13-22-20(23)17-6-4-10-26-17/h3-12,19H,13H2,1-2H3,(H,22,23)/t19-/m1/s1. The summed E-state index contributed by atoms with van der Waals surface area (Å²) in [5.74, 6) is -0.339. The van der Waals surface area contributed by atoms with Crippen LogP contribution in [0.5, 0.6) is 0 Å². The molecule has 3 aromatic rings. The SMILES string of the molecule is Cc1ccc(C)c(S(=O)(=O)[C@H](CNC(=O)c2ccco2)c2cccnc2)c1.